The summed E-state index contributed by atoms with van der Waals surface area (Å²) in [5, 5.41) is 0. The SMILES string of the molecule is Cc1ccc(-c2nc(C(C)(C)C)n(CC(C)C)c2N)cc1. The Kier molecular flexibility index (Phi) is 4.13. The van der Waals surface area contributed by atoms with Gasteiger partial charge in [-0.05, 0) is 12.8 Å². The van der Waals surface area contributed by atoms with Crippen LogP contribution in [-0.4, -0.2) is 9.55 Å². The fourth-order valence-electron chi connectivity index (χ4n) is 2.51. The van der Waals surface area contributed by atoms with Crippen molar-refractivity contribution in [3.63, 3.8) is 0 Å². The molecule has 1 heterocycles. The third-order valence-corrected chi connectivity index (χ3v) is 3.55. The van der Waals surface area contributed by atoms with Crippen LogP contribution in [0.2, 0.25) is 0 Å². The van der Waals surface area contributed by atoms with Gasteiger partial charge in [-0.2, -0.15) is 0 Å². The van der Waals surface area contributed by atoms with Gasteiger partial charge in [-0.25, -0.2) is 4.98 Å². The molecule has 0 aliphatic rings. The topological polar surface area (TPSA) is 43.8 Å². The van der Waals surface area contributed by atoms with Crippen LogP contribution >= 0.6 is 0 Å². The second-order valence-electron chi connectivity index (χ2n) is 7.29. The van der Waals surface area contributed by atoms with E-state index in [9.17, 15) is 0 Å². The maximum absolute atomic E-state index is 6.42. The largest absolute Gasteiger partial charge is 0.383 e. The number of anilines is 1. The van der Waals surface area contributed by atoms with Gasteiger partial charge in [0.25, 0.3) is 0 Å². The first kappa shape index (κ1) is 15.6. The summed E-state index contributed by atoms with van der Waals surface area (Å²) in [6, 6.07) is 8.40. The molecule has 1 aromatic carbocycles. The lowest BCUT2D eigenvalue weighted by Gasteiger charge is -2.21. The Morgan fingerprint density at radius 3 is 2.19 bits per heavy atom. The van der Waals surface area contributed by atoms with E-state index in [0.29, 0.717) is 5.92 Å². The van der Waals surface area contributed by atoms with Crippen molar-refractivity contribution in [3.05, 3.63) is 35.7 Å². The minimum atomic E-state index is -0.0219. The number of rotatable bonds is 3. The highest BCUT2D eigenvalue weighted by Gasteiger charge is 2.25. The van der Waals surface area contributed by atoms with Crippen LogP contribution < -0.4 is 5.73 Å². The third kappa shape index (κ3) is 3.29. The van der Waals surface area contributed by atoms with E-state index in [1.54, 1.807) is 0 Å². The molecule has 3 heteroatoms. The molecule has 3 nitrogen and oxygen atoms in total. The smallest absolute Gasteiger partial charge is 0.131 e. The minimum absolute atomic E-state index is 0.0219. The average molecular weight is 285 g/mol. The summed E-state index contributed by atoms with van der Waals surface area (Å²) in [6.07, 6.45) is 0. The van der Waals surface area contributed by atoms with Gasteiger partial charge < -0.3 is 10.3 Å². The van der Waals surface area contributed by atoms with Crippen LogP contribution in [0.1, 0.15) is 46.0 Å². The van der Waals surface area contributed by atoms with Crippen molar-refractivity contribution in [2.75, 3.05) is 5.73 Å². The van der Waals surface area contributed by atoms with Crippen molar-refractivity contribution in [3.8, 4) is 11.3 Å². The maximum Gasteiger partial charge on any atom is 0.131 e. The highest BCUT2D eigenvalue weighted by Crippen LogP contribution is 2.32. The van der Waals surface area contributed by atoms with E-state index >= 15 is 0 Å². The van der Waals surface area contributed by atoms with Crippen molar-refractivity contribution in [1.82, 2.24) is 9.55 Å². The van der Waals surface area contributed by atoms with Gasteiger partial charge in [-0.1, -0.05) is 64.4 Å². The molecule has 0 fully saturated rings. The first-order valence-corrected chi connectivity index (χ1v) is 7.63. The van der Waals surface area contributed by atoms with E-state index in [4.69, 9.17) is 10.7 Å². The fraction of sp³-hybridized carbons (Fsp3) is 0.500. The van der Waals surface area contributed by atoms with Gasteiger partial charge in [0.1, 0.15) is 17.3 Å². The van der Waals surface area contributed by atoms with Crippen LogP contribution in [0.25, 0.3) is 11.3 Å². The normalized spacial score (nSPS) is 12.1. The zero-order valence-corrected chi connectivity index (χ0v) is 14.1. The lowest BCUT2D eigenvalue weighted by atomic mass is 9.95. The molecule has 0 radical (unpaired) electrons. The highest BCUT2D eigenvalue weighted by atomic mass is 15.2. The molecule has 0 aliphatic heterocycles. The second-order valence-corrected chi connectivity index (χ2v) is 7.29. The lowest BCUT2D eigenvalue weighted by molar-refractivity contribution is 0.455. The predicted octanol–water partition coefficient (Wildman–Crippen LogP) is 4.39. The molecule has 2 N–H and O–H groups in total. The summed E-state index contributed by atoms with van der Waals surface area (Å²) in [5.41, 5.74) is 9.64. The van der Waals surface area contributed by atoms with Crippen molar-refractivity contribution in [2.24, 2.45) is 5.92 Å². The molecule has 0 aliphatic carbocycles. The van der Waals surface area contributed by atoms with E-state index in [1.165, 1.54) is 5.56 Å². The van der Waals surface area contributed by atoms with Crippen molar-refractivity contribution in [2.45, 2.75) is 53.5 Å². The summed E-state index contributed by atoms with van der Waals surface area (Å²) in [4.78, 5) is 4.87. The Morgan fingerprint density at radius 2 is 1.71 bits per heavy atom. The summed E-state index contributed by atoms with van der Waals surface area (Å²) in [7, 11) is 0. The first-order valence-electron chi connectivity index (χ1n) is 7.63. The number of nitrogens with two attached hydrogens (primary N) is 1. The molecule has 0 spiro atoms. The van der Waals surface area contributed by atoms with Gasteiger partial charge in [0.2, 0.25) is 0 Å². The number of imidazole rings is 1. The molecule has 2 aromatic rings. The van der Waals surface area contributed by atoms with E-state index in [2.05, 4.69) is 70.4 Å². The summed E-state index contributed by atoms with van der Waals surface area (Å²) in [5.74, 6) is 2.37. The molecule has 114 valence electrons. The third-order valence-electron chi connectivity index (χ3n) is 3.55. The van der Waals surface area contributed by atoms with E-state index < -0.39 is 0 Å². The van der Waals surface area contributed by atoms with Crippen LogP contribution in [0, 0.1) is 12.8 Å². The fourth-order valence-corrected chi connectivity index (χ4v) is 2.51. The molecule has 0 bridgehead atoms. The second kappa shape index (κ2) is 5.55. The van der Waals surface area contributed by atoms with E-state index in [-0.39, 0.29) is 5.41 Å². The van der Waals surface area contributed by atoms with Gasteiger partial charge in [-0.15, -0.1) is 0 Å². The van der Waals surface area contributed by atoms with Crippen LogP contribution in [0.4, 0.5) is 5.82 Å². The van der Waals surface area contributed by atoms with Gasteiger partial charge in [0.15, 0.2) is 0 Å². The molecule has 0 saturated carbocycles. The number of hydrogen-bond acceptors (Lipinski definition) is 2. The molecule has 2 rings (SSSR count). The molecular weight excluding hydrogens is 258 g/mol. The highest BCUT2D eigenvalue weighted by molar-refractivity contribution is 5.71. The Hall–Kier alpha value is -1.77. The zero-order chi connectivity index (χ0) is 15.8. The molecule has 1 aromatic heterocycles. The zero-order valence-electron chi connectivity index (χ0n) is 14.1. The number of nitrogens with zero attached hydrogens (tertiary/aromatic N) is 2. The quantitative estimate of drug-likeness (QED) is 0.908. The Morgan fingerprint density at radius 1 is 1.14 bits per heavy atom. The van der Waals surface area contributed by atoms with E-state index in [1.807, 2.05) is 0 Å². The lowest BCUT2D eigenvalue weighted by Crippen LogP contribution is -2.21. The Balaban J connectivity index is 2.58. The summed E-state index contributed by atoms with van der Waals surface area (Å²) in [6.45, 7) is 14.0. The van der Waals surface area contributed by atoms with Crippen LogP contribution in [0.15, 0.2) is 24.3 Å². The molecule has 0 atom stereocenters. The predicted molar refractivity (Wildman–Crippen MR) is 90.4 cm³/mol. The number of hydrogen-bond donors (Lipinski definition) is 1. The number of aromatic nitrogens is 2. The maximum atomic E-state index is 6.42. The Bertz CT molecular complexity index is 613. The average Bonchev–Trinajstić information content (AvgIpc) is 2.68. The number of nitrogen functional groups attached to an aromatic ring is 1. The van der Waals surface area contributed by atoms with Crippen LogP contribution in [0.3, 0.4) is 0 Å². The van der Waals surface area contributed by atoms with Crippen molar-refractivity contribution < 1.29 is 0 Å². The molecule has 21 heavy (non-hydrogen) atoms. The molecule has 0 unspecified atom stereocenters. The van der Waals surface area contributed by atoms with Gasteiger partial charge in [0, 0.05) is 17.5 Å². The number of benzene rings is 1. The van der Waals surface area contributed by atoms with Crippen LogP contribution in [0.5, 0.6) is 0 Å². The minimum Gasteiger partial charge on any atom is -0.383 e. The Labute approximate surface area is 128 Å². The van der Waals surface area contributed by atoms with Crippen LogP contribution in [-0.2, 0) is 12.0 Å². The monoisotopic (exact) mass is 285 g/mol. The molecule has 0 amide bonds. The standard InChI is InChI=1S/C18H27N3/c1-12(2)11-21-16(19)15(20-17(21)18(4,5)6)14-9-7-13(3)8-10-14/h7-10,12H,11,19H2,1-6H3. The van der Waals surface area contributed by atoms with Crippen molar-refractivity contribution >= 4 is 5.82 Å². The molecule has 0 saturated heterocycles. The van der Waals surface area contributed by atoms with Gasteiger partial charge >= 0.3 is 0 Å². The van der Waals surface area contributed by atoms with E-state index in [0.717, 1.165) is 29.4 Å². The summed E-state index contributed by atoms with van der Waals surface area (Å²) < 4.78 is 2.18. The summed E-state index contributed by atoms with van der Waals surface area (Å²) >= 11 is 0. The van der Waals surface area contributed by atoms with Gasteiger partial charge in [0.05, 0.1) is 0 Å². The van der Waals surface area contributed by atoms with Crippen molar-refractivity contribution in [1.29, 1.82) is 0 Å². The first-order chi connectivity index (χ1) is 9.70. The van der Waals surface area contributed by atoms with Gasteiger partial charge in [-0.3, -0.25) is 0 Å². The number of aryl methyl sites for hydroxylation is 1. The molecular formula is C18H27N3.